The van der Waals surface area contributed by atoms with Crippen LogP contribution in [0.1, 0.15) is 39.0 Å². The fourth-order valence-corrected chi connectivity index (χ4v) is 4.35. The van der Waals surface area contributed by atoms with Crippen LogP contribution in [-0.4, -0.2) is 43.9 Å². The van der Waals surface area contributed by atoms with Crippen LogP contribution >= 0.6 is 11.8 Å². The molecule has 0 saturated heterocycles. The van der Waals surface area contributed by atoms with E-state index in [2.05, 4.69) is 10.2 Å². The van der Waals surface area contributed by atoms with Gasteiger partial charge in [0.25, 0.3) is 0 Å². The van der Waals surface area contributed by atoms with E-state index in [4.69, 9.17) is 0 Å². The summed E-state index contributed by atoms with van der Waals surface area (Å²) >= 11 is 1.37. The van der Waals surface area contributed by atoms with E-state index in [0.29, 0.717) is 22.6 Å². The van der Waals surface area contributed by atoms with Gasteiger partial charge < -0.3 is 9.47 Å². The zero-order valence-electron chi connectivity index (χ0n) is 15.5. The van der Waals surface area contributed by atoms with Crippen molar-refractivity contribution in [2.24, 2.45) is 7.05 Å². The molecule has 1 aliphatic carbocycles. The highest BCUT2D eigenvalue weighted by atomic mass is 32.2. The Bertz CT molecular complexity index is 773. The molecule has 5 nitrogen and oxygen atoms in total. The zero-order chi connectivity index (χ0) is 18.7. The lowest BCUT2D eigenvalue weighted by Gasteiger charge is -2.32. The molecule has 1 amide bonds. The molecule has 1 heterocycles. The molecule has 26 heavy (non-hydrogen) atoms. The van der Waals surface area contributed by atoms with Crippen LogP contribution in [0.25, 0.3) is 11.4 Å². The molecular weight excluding hydrogens is 351 g/mol. The van der Waals surface area contributed by atoms with Crippen molar-refractivity contribution >= 4 is 17.7 Å². The van der Waals surface area contributed by atoms with Crippen molar-refractivity contribution in [1.29, 1.82) is 0 Å². The smallest absolute Gasteiger partial charge is 0.235 e. The van der Waals surface area contributed by atoms with Crippen LogP contribution < -0.4 is 0 Å². The summed E-state index contributed by atoms with van der Waals surface area (Å²) in [5, 5.41) is 8.63. The van der Waals surface area contributed by atoms with E-state index < -0.39 is 0 Å². The predicted molar refractivity (Wildman–Crippen MR) is 101 cm³/mol. The molecule has 1 aromatic heterocycles. The summed E-state index contributed by atoms with van der Waals surface area (Å²) in [5.41, 5.74) is 0.410. The Labute approximate surface area is 158 Å². The van der Waals surface area contributed by atoms with E-state index in [1.807, 2.05) is 18.9 Å². The van der Waals surface area contributed by atoms with Crippen LogP contribution in [0.2, 0.25) is 0 Å². The molecule has 3 rings (SSSR count). The van der Waals surface area contributed by atoms with Gasteiger partial charge in [-0.3, -0.25) is 4.79 Å². The predicted octanol–water partition coefficient (Wildman–Crippen LogP) is 3.89. The molecule has 140 valence electrons. The van der Waals surface area contributed by atoms with Crippen molar-refractivity contribution in [3.63, 3.8) is 0 Å². The van der Waals surface area contributed by atoms with Gasteiger partial charge in [0.15, 0.2) is 11.0 Å². The fourth-order valence-electron chi connectivity index (χ4n) is 3.44. The Morgan fingerprint density at radius 1 is 1.27 bits per heavy atom. The van der Waals surface area contributed by atoms with Gasteiger partial charge in [-0.2, -0.15) is 0 Å². The Morgan fingerprint density at radius 2 is 1.96 bits per heavy atom. The Hall–Kier alpha value is -1.89. The van der Waals surface area contributed by atoms with E-state index in [-0.39, 0.29) is 17.0 Å². The molecule has 7 heteroatoms. The molecular formula is C19H25FN4OS. The maximum Gasteiger partial charge on any atom is 0.235 e. The van der Waals surface area contributed by atoms with Gasteiger partial charge in [0.2, 0.25) is 5.91 Å². The van der Waals surface area contributed by atoms with Crippen LogP contribution in [0.3, 0.4) is 0 Å². The van der Waals surface area contributed by atoms with Crippen molar-refractivity contribution in [1.82, 2.24) is 19.7 Å². The lowest BCUT2D eigenvalue weighted by molar-refractivity contribution is -0.131. The van der Waals surface area contributed by atoms with Gasteiger partial charge in [0.1, 0.15) is 5.82 Å². The summed E-state index contributed by atoms with van der Waals surface area (Å²) in [5.74, 6) is 0.240. The van der Waals surface area contributed by atoms with Crippen molar-refractivity contribution in [3.05, 3.63) is 30.1 Å². The summed E-state index contributed by atoms with van der Waals surface area (Å²) < 4.78 is 15.8. The van der Waals surface area contributed by atoms with E-state index in [1.165, 1.54) is 37.1 Å². The molecule has 0 aliphatic heterocycles. The lowest BCUT2D eigenvalue weighted by atomic mass is 9.94. The minimum Gasteiger partial charge on any atom is -0.342 e. The van der Waals surface area contributed by atoms with E-state index in [1.54, 1.807) is 29.8 Å². The van der Waals surface area contributed by atoms with Gasteiger partial charge in [-0.1, -0.05) is 43.2 Å². The third-order valence-corrected chi connectivity index (χ3v) is 6.17. The van der Waals surface area contributed by atoms with Crippen molar-refractivity contribution in [3.8, 4) is 11.4 Å². The third-order valence-electron chi connectivity index (χ3n) is 5.05. The van der Waals surface area contributed by atoms with Crippen molar-refractivity contribution in [2.75, 3.05) is 7.05 Å². The number of benzene rings is 1. The summed E-state index contributed by atoms with van der Waals surface area (Å²) in [7, 11) is 3.70. The maximum absolute atomic E-state index is 14.0. The molecule has 2 aromatic rings. The van der Waals surface area contributed by atoms with Crippen LogP contribution in [-0.2, 0) is 11.8 Å². The van der Waals surface area contributed by atoms with Crippen LogP contribution in [0.4, 0.5) is 4.39 Å². The number of halogens is 1. The average molecular weight is 377 g/mol. The standard InChI is InChI=1S/C19H25FN4OS/c1-13(18(25)23(2)14-9-5-4-6-10-14)26-19-22-21-17(24(19)3)15-11-7-8-12-16(15)20/h7-8,11-14H,4-6,9-10H2,1-3H3. The van der Waals surface area contributed by atoms with E-state index in [0.717, 1.165) is 12.8 Å². The minimum absolute atomic E-state index is 0.109. The number of hydrogen-bond acceptors (Lipinski definition) is 4. The molecule has 1 saturated carbocycles. The van der Waals surface area contributed by atoms with E-state index >= 15 is 0 Å². The first kappa shape index (κ1) is 18.9. The van der Waals surface area contributed by atoms with Gasteiger partial charge in [0, 0.05) is 20.1 Å². The SMILES string of the molecule is CC(Sc1nnc(-c2ccccc2F)n1C)C(=O)N(C)C1CCCCC1. The minimum atomic E-state index is -0.333. The second-order valence-corrected chi connectivity index (χ2v) is 8.15. The number of aromatic nitrogens is 3. The third kappa shape index (κ3) is 3.92. The summed E-state index contributed by atoms with van der Waals surface area (Å²) in [6.07, 6.45) is 5.82. The van der Waals surface area contributed by atoms with Gasteiger partial charge in [-0.25, -0.2) is 4.39 Å². The van der Waals surface area contributed by atoms with Gasteiger partial charge in [0.05, 0.1) is 10.8 Å². The monoisotopic (exact) mass is 376 g/mol. The highest BCUT2D eigenvalue weighted by Gasteiger charge is 2.27. The lowest BCUT2D eigenvalue weighted by Crippen LogP contribution is -2.42. The number of rotatable bonds is 5. The average Bonchev–Trinajstić information content (AvgIpc) is 3.02. The Balaban J connectivity index is 1.71. The molecule has 1 fully saturated rings. The van der Waals surface area contributed by atoms with Gasteiger partial charge in [-0.15, -0.1) is 10.2 Å². The summed E-state index contributed by atoms with van der Waals surface area (Å²) in [4.78, 5) is 14.7. The highest BCUT2D eigenvalue weighted by molar-refractivity contribution is 8.00. The molecule has 1 unspecified atom stereocenters. The van der Waals surface area contributed by atoms with Gasteiger partial charge >= 0.3 is 0 Å². The molecule has 1 aromatic carbocycles. The molecule has 0 N–H and O–H groups in total. The molecule has 1 atom stereocenters. The molecule has 0 bridgehead atoms. The fraction of sp³-hybridized carbons (Fsp3) is 0.526. The second kappa shape index (κ2) is 8.20. The molecule has 0 spiro atoms. The topological polar surface area (TPSA) is 51.0 Å². The Kier molecular flexibility index (Phi) is 5.96. The number of carbonyl (C=O) groups excluding carboxylic acids is 1. The maximum atomic E-state index is 14.0. The van der Waals surface area contributed by atoms with Crippen LogP contribution in [0.15, 0.2) is 29.4 Å². The largest absolute Gasteiger partial charge is 0.342 e. The summed E-state index contributed by atoms with van der Waals surface area (Å²) in [6.45, 7) is 1.89. The van der Waals surface area contributed by atoms with Crippen LogP contribution in [0, 0.1) is 5.82 Å². The van der Waals surface area contributed by atoms with E-state index in [9.17, 15) is 9.18 Å². The number of thioether (sulfide) groups is 1. The number of hydrogen-bond donors (Lipinski definition) is 0. The molecule has 0 radical (unpaired) electrons. The summed E-state index contributed by atoms with van der Waals surface area (Å²) in [6, 6.07) is 6.84. The Morgan fingerprint density at radius 3 is 2.65 bits per heavy atom. The first-order valence-electron chi connectivity index (χ1n) is 9.06. The van der Waals surface area contributed by atoms with Crippen molar-refractivity contribution < 1.29 is 9.18 Å². The molecule has 1 aliphatic rings. The number of amides is 1. The second-order valence-electron chi connectivity index (χ2n) is 6.85. The zero-order valence-corrected chi connectivity index (χ0v) is 16.3. The normalized spacial score (nSPS) is 16.5. The van der Waals surface area contributed by atoms with Gasteiger partial charge in [-0.05, 0) is 31.9 Å². The first-order chi connectivity index (χ1) is 12.5. The number of nitrogens with zero attached hydrogens (tertiary/aromatic N) is 4. The van der Waals surface area contributed by atoms with Crippen molar-refractivity contribution in [2.45, 2.75) is 55.5 Å². The van der Waals surface area contributed by atoms with Crippen LogP contribution in [0.5, 0.6) is 0 Å². The highest BCUT2D eigenvalue weighted by Crippen LogP contribution is 2.29. The first-order valence-corrected chi connectivity index (χ1v) is 9.94. The quantitative estimate of drug-likeness (QED) is 0.743. The number of carbonyl (C=O) groups is 1.